The molecule has 0 nitrogen and oxygen atoms in total. The molecule has 0 amide bonds. The third-order valence-electron chi connectivity index (χ3n) is 6.57. The second kappa shape index (κ2) is 4.35. The third-order valence-corrected chi connectivity index (χ3v) is 10.5. The van der Waals surface area contributed by atoms with Crippen LogP contribution in [0.2, 0.25) is 0 Å². The van der Waals surface area contributed by atoms with E-state index in [0.29, 0.717) is 0 Å². The van der Waals surface area contributed by atoms with Gasteiger partial charge in [0, 0.05) is 10.00 Å². The number of hydrogen-bond donors (Lipinski definition) is 0. The van der Waals surface area contributed by atoms with E-state index in [2.05, 4.69) is 35.4 Å². The van der Waals surface area contributed by atoms with Gasteiger partial charge in [-0.15, -0.1) is 0 Å². The van der Waals surface area contributed by atoms with Crippen molar-refractivity contribution < 1.29 is 0 Å². The Morgan fingerprint density at radius 2 is 1.83 bits per heavy atom. The van der Waals surface area contributed by atoms with Crippen LogP contribution < -0.4 is 0 Å². The lowest BCUT2D eigenvalue weighted by Gasteiger charge is -2.32. The number of hydrogen-bond acceptors (Lipinski definition) is 2. The third kappa shape index (κ3) is 1.89. The van der Waals surface area contributed by atoms with Crippen molar-refractivity contribution in [2.45, 2.75) is 68.8 Å². The van der Waals surface area contributed by atoms with Crippen molar-refractivity contribution in [3.05, 3.63) is 0 Å². The van der Waals surface area contributed by atoms with E-state index in [9.17, 15) is 0 Å². The zero-order valence-electron chi connectivity index (χ0n) is 11.7. The second-order valence-electron chi connectivity index (χ2n) is 7.66. The van der Waals surface area contributed by atoms with Crippen molar-refractivity contribution in [3.63, 3.8) is 0 Å². The quantitative estimate of drug-likeness (QED) is 0.547. The van der Waals surface area contributed by atoms with Crippen molar-refractivity contribution in [1.29, 1.82) is 0 Å². The van der Waals surface area contributed by atoms with Gasteiger partial charge in [0.1, 0.15) is 0 Å². The first-order valence-electron chi connectivity index (χ1n) is 8.02. The minimum Gasteiger partial charge on any atom is -0.0898 e. The van der Waals surface area contributed by atoms with Gasteiger partial charge in [0.2, 0.25) is 0 Å². The van der Waals surface area contributed by atoms with E-state index in [4.69, 9.17) is 0 Å². The molecule has 102 valence electrons. The van der Waals surface area contributed by atoms with Gasteiger partial charge in [-0.1, -0.05) is 35.4 Å². The average Bonchev–Trinajstić information content (AvgIpc) is 2.98. The van der Waals surface area contributed by atoms with Crippen molar-refractivity contribution in [3.8, 4) is 0 Å². The summed E-state index contributed by atoms with van der Waals surface area (Å²) in [6.45, 7) is 5.09. The van der Waals surface area contributed by atoms with Gasteiger partial charge in [0.25, 0.3) is 0 Å². The van der Waals surface area contributed by atoms with Gasteiger partial charge in [0.15, 0.2) is 0 Å². The van der Waals surface area contributed by atoms with E-state index in [1.165, 1.54) is 19.3 Å². The fourth-order valence-corrected chi connectivity index (χ4v) is 9.41. The molecule has 1 heterocycles. The largest absolute Gasteiger partial charge is 0.0898 e. The Hall–Kier alpha value is 0.700. The summed E-state index contributed by atoms with van der Waals surface area (Å²) >= 11 is 0. The van der Waals surface area contributed by atoms with Crippen LogP contribution in [0.5, 0.6) is 0 Å². The van der Waals surface area contributed by atoms with Crippen molar-refractivity contribution in [2.24, 2.45) is 29.6 Å². The molecule has 2 bridgehead atoms. The summed E-state index contributed by atoms with van der Waals surface area (Å²) in [6, 6.07) is 0. The molecular formula is C16H26S2. The first-order chi connectivity index (χ1) is 8.68. The van der Waals surface area contributed by atoms with E-state index in [1.807, 2.05) is 0 Å². The maximum absolute atomic E-state index is 2.57. The van der Waals surface area contributed by atoms with Gasteiger partial charge in [-0.3, -0.25) is 0 Å². The molecule has 1 saturated heterocycles. The molecule has 18 heavy (non-hydrogen) atoms. The molecule has 1 aliphatic heterocycles. The highest BCUT2D eigenvalue weighted by atomic mass is 33.1. The normalized spacial score (nSPS) is 59.0. The Morgan fingerprint density at radius 3 is 2.72 bits per heavy atom. The van der Waals surface area contributed by atoms with Crippen LogP contribution >= 0.6 is 21.6 Å². The van der Waals surface area contributed by atoms with Gasteiger partial charge in [-0.25, -0.2) is 0 Å². The molecular weight excluding hydrogens is 256 g/mol. The molecule has 4 fully saturated rings. The standard InChI is InChI=1S/C16H26S2/c1-10-3-6-15-14(10)7-11(2)12-4-5-13-9-16(13,8-12)18-17-15/h10-15H,3-9H2,1-2H3/t10?,11-,12?,13?,14-,15?,16?/m1/s1. The number of fused-ring (bicyclic) bond motifs is 2. The van der Waals surface area contributed by atoms with E-state index in [1.54, 1.807) is 25.7 Å². The van der Waals surface area contributed by atoms with E-state index in [0.717, 1.165) is 39.6 Å². The minimum atomic E-state index is 0.753. The Morgan fingerprint density at radius 1 is 0.944 bits per heavy atom. The molecule has 0 aromatic carbocycles. The van der Waals surface area contributed by atoms with Crippen LogP contribution in [-0.4, -0.2) is 10.00 Å². The van der Waals surface area contributed by atoms with Crippen LogP contribution in [0.15, 0.2) is 0 Å². The van der Waals surface area contributed by atoms with E-state index in [-0.39, 0.29) is 0 Å². The summed E-state index contributed by atoms with van der Waals surface area (Å²) in [5.41, 5.74) is 0. The second-order valence-corrected chi connectivity index (χ2v) is 10.5. The van der Waals surface area contributed by atoms with Gasteiger partial charge in [-0.05, 0) is 74.5 Å². The topological polar surface area (TPSA) is 0 Å². The molecule has 0 aromatic rings. The summed E-state index contributed by atoms with van der Waals surface area (Å²) in [7, 11) is 4.65. The summed E-state index contributed by atoms with van der Waals surface area (Å²) in [6.07, 6.45) is 10.7. The van der Waals surface area contributed by atoms with E-state index < -0.39 is 0 Å². The zero-order chi connectivity index (χ0) is 12.3. The van der Waals surface area contributed by atoms with Gasteiger partial charge in [-0.2, -0.15) is 0 Å². The first-order valence-corrected chi connectivity index (χ1v) is 10.2. The molecule has 2 heteroatoms. The van der Waals surface area contributed by atoms with Crippen molar-refractivity contribution >= 4 is 21.6 Å². The van der Waals surface area contributed by atoms with Gasteiger partial charge < -0.3 is 0 Å². The van der Waals surface area contributed by atoms with Crippen molar-refractivity contribution in [2.75, 3.05) is 0 Å². The lowest BCUT2D eigenvalue weighted by molar-refractivity contribution is 0.215. The molecule has 4 rings (SSSR count). The molecule has 0 aromatic heterocycles. The predicted octanol–water partition coefficient (Wildman–Crippen LogP) is 5.38. The lowest BCUT2D eigenvalue weighted by atomic mass is 9.75. The highest BCUT2D eigenvalue weighted by Crippen LogP contribution is 2.69. The maximum Gasteiger partial charge on any atom is 0.0298 e. The highest BCUT2D eigenvalue weighted by molar-refractivity contribution is 8.77. The smallest absolute Gasteiger partial charge is 0.0298 e. The Balaban J connectivity index is 1.59. The molecule has 0 N–H and O–H groups in total. The SMILES string of the molecule is CC1CCC2SSC34CC(CCC3C4)[C@H](C)C[C@H]12. The van der Waals surface area contributed by atoms with Crippen LogP contribution in [0.25, 0.3) is 0 Å². The fraction of sp³-hybridized carbons (Fsp3) is 1.00. The lowest BCUT2D eigenvalue weighted by Crippen LogP contribution is -2.25. The summed E-state index contributed by atoms with van der Waals surface area (Å²) < 4.78 is 0.753. The molecule has 0 radical (unpaired) electrons. The van der Waals surface area contributed by atoms with E-state index >= 15 is 0 Å². The number of rotatable bonds is 0. The first kappa shape index (κ1) is 12.4. The monoisotopic (exact) mass is 282 g/mol. The van der Waals surface area contributed by atoms with Crippen LogP contribution in [0.4, 0.5) is 0 Å². The van der Waals surface area contributed by atoms with Crippen LogP contribution in [0.3, 0.4) is 0 Å². The summed E-state index contributed by atoms with van der Waals surface area (Å²) in [5, 5.41) is 0.988. The van der Waals surface area contributed by atoms with Gasteiger partial charge >= 0.3 is 0 Å². The highest BCUT2D eigenvalue weighted by Gasteiger charge is 2.59. The summed E-state index contributed by atoms with van der Waals surface area (Å²) in [4.78, 5) is 0. The van der Waals surface area contributed by atoms with Gasteiger partial charge in [0.05, 0.1) is 0 Å². The predicted molar refractivity (Wildman–Crippen MR) is 82.8 cm³/mol. The molecule has 3 saturated carbocycles. The molecule has 5 unspecified atom stereocenters. The van der Waals surface area contributed by atoms with Crippen LogP contribution in [-0.2, 0) is 0 Å². The Labute approximate surface area is 120 Å². The molecule has 1 spiro atoms. The van der Waals surface area contributed by atoms with Crippen LogP contribution in [0, 0.1) is 29.6 Å². The summed E-state index contributed by atoms with van der Waals surface area (Å²) in [5.74, 6) is 5.19. The Bertz CT molecular complexity index is 342. The fourth-order valence-electron chi connectivity index (χ4n) is 5.06. The Kier molecular flexibility index (Phi) is 3.00. The molecule has 3 aliphatic carbocycles. The molecule has 4 aliphatic rings. The van der Waals surface area contributed by atoms with Crippen LogP contribution in [0.1, 0.15) is 58.8 Å². The van der Waals surface area contributed by atoms with Crippen molar-refractivity contribution in [1.82, 2.24) is 0 Å². The minimum absolute atomic E-state index is 0.753. The molecule has 7 atom stereocenters. The zero-order valence-corrected chi connectivity index (χ0v) is 13.4. The maximum atomic E-state index is 2.57. The average molecular weight is 283 g/mol.